The van der Waals surface area contributed by atoms with Gasteiger partial charge in [-0.05, 0) is 25.1 Å². The molecule has 0 aromatic heterocycles. The summed E-state index contributed by atoms with van der Waals surface area (Å²) in [5.41, 5.74) is 5.41. The highest BCUT2D eigenvalue weighted by atomic mass is 16.5. The van der Waals surface area contributed by atoms with Crippen LogP contribution in [0.3, 0.4) is 0 Å². The second-order valence-corrected chi connectivity index (χ2v) is 3.15. The van der Waals surface area contributed by atoms with Crippen LogP contribution in [0.4, 0.5) is 5.69 Å². The highest BCUT2D eigenvalue weighted by molar-refractivity contribution is 5.94. The number of anilines is 1. The van der Waals surface area contributed by atoms with Gasteiger partial charge in [0.2, 0.25) is 0 Å². The molecule has 0 spiro atoms. The first kappa shape index (κ1) is 11.8. The van der Waals surface area contributed by atoms with Gasteiger partial charge in [0, 0.05) is 5.69 Å². The number of aromatic carboxylic acids is 1. The Morgan fingerprint density at radius 1 is 1.38 bits per heavy atom. The van der Waals surface area contributed by atoms with Gasteiger partial charge in [-0.1, -0.05) is 0 Å². The van der Waals surface area contributed by atoms with Crippen molar-refractivity contribution in [3.8, 4) is 5.75 Å². The van der Waals surface area contributed by atoms with Gasteiger partial charge in [-0.2, -0.15) is 0 Å². The quantitative estimate of drug-likeness (QED) is 0.654. The molecule has 1 aromatic carbocycles. The zero-order valence-electron chi connectivity index (χ0n) is 8.51. The van der Waals surface area contributed by atoms with Gasteiger partial charge < -0.3 is 20.7 Å². The van der Waals surface area contributed by atoms with E-state index in [1.165, 1.54) is 25.1 Å². The summed E-state index contributed by atoms with van der Waals surface area (Å²) < 4.78 is 5.00. The summed E-state index contributed by atoms with van der Waals surface area (Å²) in [6.07, 6.45) is -1.05. The van der Waals surface area contributed by atoms with Crippen molar-refractivity contribution in [2.24, 2.45) is 0 Å². The standard InChI is InChI=1S/C10H11NO5/c1-5(9(12)13)16-6-2-3-8(11)7(4-6)10(14)15/h2-5H,11H2,1H3,(H,12,13)(H,14,15). The average Bonchev–Trinajstić information content (AvgIpc) is 2.20. The fraction of sp³-hybridized carbons (Fsp3) is 0.200. The van der Waals surface area contributed by atoms with Crippen molar-refractivity contribution in [2.45, 2.75) is 13.0 Å². The summed E-state index contributed by atoms with van der Waals surface area (Å²) in [5, 5.41) is 17.4. The van der Waals surface area contributed by atoms with Crippen LogP contribution >= 0.6 is 0 Å². The van der Waals surface area contributed by atoms with Crippen LogP contribution in [0.2, 0.25) is 0 Å². The number of nitrogen functional groups attached to an aromatic ring is 1. The number of ether oxygens (including phenoxy) is 1. The van der Waals surface area contributed by atoms with E-state index in [0.29, 0.717) is 0 Å². The second-order valence-electron chi connectivity index (χ2n) is 3.15. The van der Waals surface area contributed by atoms with Crippen LogP contribution in [-0.2, 0) is 4.79 Å². The lowest BCUT2D eigenvalue weighted by Crippen LogP contribution is -2.23. The SMILES string of the molecule is CC(Oc1ccc(N)c(C(=O)O)c1)C(=O)O. The predicted octanol–water partition coefficient (Wildman–Crippen LogP) is 0.819. The lowest BCUT2D eigenvalue weighted by atomic mass is 10.2. The van der Waals surface area contributed by atoms with Crippen LogP contribution in [0.5, 0.6) is 5.75 Å². The number of aliphatic carboxylic acids is 1. The Labute approximate surface area is 91.3 Å². The molecule has 1 aromatic rings. The molecule has 1 unspecified atom stereocenters. The molecular weight excluding hydrogens is 214 g/mol. The molecule has 0 saturated carbocycles. The normalized spacial score (nSPS) is 11.8. The smallest absolute Gasteiger partial charge is 0.344 e. The van der Waals surface area contributed by atoms with Crippen LogP contribution in [0.15, 0.2) is 18.2 Å². The molecule has 0 heterocycles. The summed E-state index contributed by atoms with van der Waals surface area (Å²) in [4.78, 5) is 21.3. The summed E-state index contributed by atoms with van der Waals surface area (Å²) in [6, 6.07) is 3.96. The first-order valence-corrected chi connectivity index (χ1v) is 4.44. The lowest BCUT2D eigenvalue weighted by Gasteiger charge is -2.11. The summed E-state index contributed by atoms with van der Waals surface area (Å²) >= 11 is 0. The Balaban J connectivity index is 2.95. The van der Waals surface area contributed by atoms with Crippen molar-refractivity contribution in [3.63, 3.8) is 0 Å². The van der Waals surface area contributed by atoms with Gasteiger partial charge in [-0.3, -0.25) is 0 Å². The maximum atomic E-state index is 10.7. The third-order valence-corrected chi connectivity index (χ3v) is 1.92. The zero-order chi connectivity index (χ0) is 12.3. The maximum absolute atomic E-state index is 10.7. The van der Waals surface area contributed by atoms with Gasteiger partial charge >= 0.3 is 11.9 Å². The monoisotopic (exact) mass is 225 g/mol. The molecule has 0 fully saturated rings. The van der Waals surface area contributed by atoms with Crippen LogP contribution in [0.25, 0.3) is 0 Å². The molecule has 86 valence electrons. The molecule has 6 nitrogen and oxygen atoms in total. The molecule has 0 saturated heterocycles. The fourth-order valence-electron chi connectivity index (χ4n) is 1.05. The molecule has 1 rings (SSSR count). The molecule has 6 heteroatoms. The number of hydrogen-bond donors (Lipinski definition) is 3. The van der Waals surface area contributed by atoms with Gasteiger partial charge in [0.05, 0.1) is 5.56 Å². The Bertz CT molecular complexity index is 429. The number of hydrogen-bond acceptors (Lipinski definition) is 4. The molecule has 16 heavy (non-hydrogen) atoms. The van der Waals surface area contributed by atoms with E-state index in [1.54, 1.807) is 0 Å². The zero-order valence-corrected chi connectivity index (χ0v) is 8.51. The van der Waals surface area contributed by atoms with Gasteiger partial charge in [-0.25, -0.2) is 9.59 Å². The summed E-state index contributed by atoms with van der Waals surface area (Å²) in [7, 11) is 0. The van der Waals surface area contributed by atoms with Gasteiger partial charge in [0.1, 0.15) is 5.75 Å². The van der Waals surface area contributed by atoms with E-state index in [2.05, 4.69) is 0 Å². The predicted molar refractivity (Wildman–Crippen MR) is 55.5 cm³/mol. The van der Waals surface area contributed by atoms with E-state index in [1.807, 2.05) is 0 Å². The topological polar surface area (TPSA) is 110 Å². The number of benzene rings is 1. The average molecular weight is 225 g/mol. The van der Waals surface area contributed by atoms with Crippen molar-refractivity contribution >= 4 is 17.6 Å². The van der Waals surface area contributed by atoms with Crippen molar-refractivity contribution in [1.29, 1.82) is 0 Å². The Kier molecular flexibility index (Phi) is 3.34. The van der Waals surface area contributed by atoms with Crippen LogP contribution < -0.4 is 10.5 Å². The van der Waals surface area contributed by atoms with E-state index in [-0.39, 0.29) is 17.0 Å². The number of carboxylic acids is 2. The minimum absolute atomic E-state index is 0.0998. The van der Waals surface area contributed by atoms with Crippen molar-refractivity contribution in [3.05, 3.63) is 23.8 Å². The van der Waals surface area contributed by atoms with Gasteiger partial charge in [-0.15, -0.1) is 0 Å². The third kappa shape index (κ3) is 2.63. The van der Waals surface area contributed by atoms with E-state index >= 15 is 0 Å². The van der Waals surface area contributed by atoms with E-state index in [4.69, 9.17) is 20.7 Å². The molecule has 0 radical (unpaired) electrons. The van der Waals surface area contributed by atoms with Crippen molar-refractivity contribution in [2.75, 3.05) is 5.73 Å². The van der Waals surface area contributed by atoms with Crippen LogP contribution in [0.1, 0.15) is 17.3 Å². The van der Waals surface area contributed by atoms with Crippen LogP contribution in [-0.4, -0.2) is 28.3 Å². The molecule has 1 atom stereocenters. The maximum Gasteiger partial charge on any atom is 0.344 e. The number of nitrogens with two attached hydrogens (primary N) is 1. The minimum atomic E-state index is -1.19. The van der Waals surface area contributed by atoms with Crippen molar-refractivity contribution in [1.82, 2.24) is 0 Å². The molecule has 0 aliphatic carbocycles. The molecule has 0 amide bonds. The highest BCUT2D eigenvalue weighted by Crippen LogP contribution is 2.20. The molecule has 4 N–H and O–H groups in total. The first-order chi connectivity index (χ1) is 7.41. The molecular formula is C10H11NO5. The number of carboxylic acid groups (broad SMARTS) is 2. The van der Waals surface area contributed by atoms with Crippen molar-refractivity contribution < 1.29 is 24.5 Å². The number of rotatable bonds is 4. The Morgan fingerprint density at radius 3 is 2.50 bits per heavy atom. The van der Waals surface area contributed by atoms with Gasteiger partial charge in [0.15, 0.2) is 6.10 Å². The largest absolute Gasteiger partial charge is 0.479 e. The van der Waals surface area contributed by atoms with Gasteiger partial charge in [0.25, 0.3) is 0 Å². The molecule has 0 aliphatic heterocycles. The molecule has 0 aliphatic rings. The van der Waals surface area contributed by atoms with Crippen LogP contribution in [0, 0.1) is 0 Å². The summed E-state index contributed by atoms with van der Waals surface area (Å²) in [6.45, 7) is 1.35. The Morgan fingerprint density at radius 2 is 2.00 bits per heavy atom. The molecule has 0 bridgehead atoms. The summed E-state index contributed by atoms with van der Waals surface area (Å²) in [5.74, 6) is -2.17. The minimum Gasteiger partial charge on any atom is -0.479 e. The van der Waals surface area contributed by atoms with E-state index < -0.39 is 18.0 Å². The lowest BCUT2D eigenvalue weighted by molar-refractivity contribution is -0.144. The highest BCUT2D eigenvalue weighted by Gasteiger charge is 2.14. The second kappa shape index (κ2) is 4.52. The van der Waals surface area contributed by atoms with E-state index in [0.717, 1.165) is 0 Å². The third-order valence-electron chi connectivity index (χ3n) is 1.92. The van der Waals surface area contributed by atoms with E-state index in [9.17, 15) is 9.59 Å². The number of carbonyl (C=O) groups is 2. The first-order valence-electron chi connectivity index (χ1n) is 4.44. The fourth-order valence-corrected chi connectivity index (χ4v) is 1.05. The Hall–Kier alpha value is -2.24.